The Morgan fingerprint density at radius 2 is 1.83 bits per heavy atom. The Hall–Kier alpha value is -1.07. The van der Waals surface area contributed by atoms with Crippen molar-refractivity contribution >= 4 is 0 Å². The lowest BCUT2D eigenvalue weighted by molar-refractivity contribution is -0.0512. The number of rotatable bonds is 5. The monoisotopic (exact) mass is 259 g/mol. The van der Waals surface area contributed by atoms with Crippen LogP contribution in [0.5, 0.6) is 0 Å². The third-order valence-corrected chi connectivity index (χ3v) is 3.36. The molecule has 100 valence electrons. The summed E-state index contributed by atoms with van der Waals surface area (Å²) >= 11 is 0. The van der Waals surface area contributed by atoms with Gasteiger partial charge in [0.15, 0.2) is 0 Å². The second-order valence-electron chi connectivity index (χ2n) is 4.81. The molecule has 1 aromatic carbocycles. The van der Waals surface area contributed by atoms with Crippen LogP contribution in [0.25, 0.3) is 0 Å². The molecule has 18 heavy (non-hydrogen) atoms. The molecule has 0 bridgehead atoms. The fourth-order valence-corrected chi connectivity index (χ4v) is 2.14. The first-order chi connectivity index (χ1) is 8.50. The number of benzene rings is 1. The van der Waals surface area contributed by atoms with Crippen LogP contribution in [0.3, 0.4) is 0 Å². The Labute approximate surface area is 104 Å². The molecule has 1 saturated carbocycles. The first kappa shape index (κ1) is 13.4. The summed E-state index contributed by atoms with van der Waals surface area (Å²) < 4.78 is 38.3. The number of hydrogen-bond acceptors (Lipinski definition) is 2. The highest BCUT2D eigenvalue weighted by atomic mass is 19.3. The van der Waals surface area contributed by atoms with E-state index in [1.165, 1.54) is 12.1 Å². The summed E-state index contributed by atoms with van der Waals surface area (Å²) in [6, 6.07) is 6.35. The van der Waals surface area contributed by atoms with Crippen LogP contribution >= 0.6 is 0 Å². The van der Waals surface area contributed by atoms with E-state index in [0.717, 1.165) is 18.4 Å². The van der Waals surface area contributed by atoms with Crippen LogP contribution in [-0.2, 0) is 0 Å². The first-order valence-electron chi connectivity index (χ1n) is 5.98. The van der Waals surface area contributed by atoms with E-state index in [1.54, 1.807) is 12.1 Å². The van der Waals surface area contributed by atoms with Gasteiger partial charge in [0.05, 0.1) is 6.54 Å². The van der Waals surface area contributed by atoms with Crippen molar-refractivity contribution in [2.24, 2.45) is 0 Å². The maximum absolute atomic E-state index is 12.8. The Morgan fingerprint density at radius 1 is 1.22 bits per heavy atom. The Bertz CT molecular complexity index is 388. The minimum absolute atomic E-state index is 0.0532. The van der Waals surface area contributed by atoms with Gasteiger partial charge < -0.3 is 10.4 Å². The van der Waals surface area contributed by atoms with Crippen LogP contribution in [0.2, 0.25) is 0 Å². The molecule has 0 amide bonds. The van der Waals surface area contributed by atoms with Crippen molar-refractivity contribution in [1.29, 1.82) is 0 Å². The van der Waals surface area contributed by atoms with Gasteiger partial charge in [-0.2, -0.15) is 0 Å². The summed E-state index contributed by atoms with van der Waals surface area (Å²) in [6.45, 7) is -1.63. The van der Waals surface area contributed by atoms with Gasteiger partial charge >= 0.3 is 0 Å². The van der Waals surface area contributed by atoms with Crippen molar-refractivity contribution in [3.05, 3.63) is 35.6 Å². The summed E-state index contributed by atoms with van der Waals surface area (Å²) in [5, 5.41) is 11.2. The average molecular weight is 259 g/mol. The number of hydrogen-bond donors (Lipinski definition) is 2. The molecule has 1 fully saturated rings. The molecule has 1 aliphatic carbocycles. The number of halogens is 3. The SMILES string of the molecule is OCC(F)(F)CNC1CC(c2ccc(F)cc2)C1. The van der Waals surface area contributed by atoms with Gasteiger partial charge in [0.1, 0.15) is 12.4 Å². The molecule has 0 radical (unpaired) electrons. The molecular formula is C13H16F3NO. The molecular weight excluding hydrogens is 243 g/mol. The van der Waals surface area contributed by atoms with E-state index < -0.39 is 19.1 Å². The van der Waals surface area contributed by atoms with Gasteiger partial charge in [-0.3, -0.25) is 0 Å². The van der Waals surface area contributed by atoms with E-state index in [-0.39, 0.29) is 11.9 Å². The fraction of sp³-hybridized carbons (Fsp3) is 0.538. The molecule has 0 heterocycles. The van der Waals surface area contributed by atoms with Crippen LogP contribution in [0, 0.1) is 5.82 Å². The standard InChI is InChI=1S/C13H16F3NO/c14-11-3-1-9(2-4-11)10-5-12(6-10)17-7-13(15,16)8-18/h1-4,10,12,17-18H,5-8H2. The van der Waals surface area contributed by atoms with Crippen LogP contribution in [0.15, 0.2) is 24.3 Å². The van der Waals surface area contributed by atoms with Crippen molar-refractivity contribution in [2.45, 2.75) is 30.7 Å². The lowest BCUT2D eigenvalue weighted by Gasteiger charge is -2.37. The third kappa shape index (κ3) is 3.23. The van der Waals surface area contributed by atoms with Crippen LogP contribution in [0.4, 0.5) is 13.2 Å². The summed E-state index contributed by atoms with van der Waals surface area (Å²) in [5.74, 6) is -3.01. The zero-order valence-electron chi connectivity index (χ0n) is 9.87. The topological polar surface area (TPSA) is 32.3 Å². The van der Waals surface area contributed by atoms with Crippen LogP contribution < -0.4 is 5.32 Å². The first-order valence-corrected chi connectivity index (χ1v) is 5.98. The largest absolute Gasteiger partial charge is 0.390 e. The minimum atomic E-state index is -3.05. The van der Waals surface area contributed by atoms with E-state index in [4.69, 9.17) is 5.11 Å². The molecule has 2 N–H and O–H groups in total. The molecule has 0 atom stereocenters. The summed E-state index contributed by atoms with van der Waals surface area (Å²) in [6.07, 6.45) is 1.54. The molecule has 0 saturated heterocycles. The molecule has 2 nitrogen and oxygen atoms in total. The fourth-order valence-electron chi connectivity index (χ4n) is 2.14. The van der Waals surface area contributed by atoms with Crippen LogP contribution in [-0.4, -0.2) is 30.2 Å². The molecule has 1 aliphatic rings. The lowest BCUT2D eigenvalue weighted by Crippen LogP contribution is -2.46. The van der Waals surface area contributed by atoms with E-state index in [0.29, 0.717) is 5.92 Å². The van der Waals surface area contributed by atoms with E-state index in [1.807, 2.05) is 0 Å². The zero-order valence-corrected chi connectivity index (χ0v) is 9.87. The highest BCUT2D eigenvalue weighted by molar-refractivity contribution is 5.23. The second-order valence-corrected chi connectivity index (χ2v) is 4.81. The third-order valence-electron chi connectivity index (χ3n) is 3.36. The molecule has 0 unspecified atom stereocenters. The number of aliphatic hydroxyl groups is 1. The number of nitrogens with one attached hydrogen (secondary N) is 1. The molecule has 2 rings (SSSR count). The molecule has 0 spiro atoms. The van der Waals surface area contributed by atoms with Gasteiger partial charge in [0.2, 0.25) is 0 Å². The molecule has 0 aliphatic heterocycles. The van der Waals surface area contributed by atoms with Gasteiger partial charge in [-0.05, 0) is 36.5 Å². The smallest absolute Gasteiger partial charge is 0.282 e. The van der Waals surface area contributed by atoms with Crippen molar-refractivity contribution in [3.8, 4) is 0 Å². The van der Waals surface area contributed by atoms with E-state index >= 15 is 0 Å². The number of aliphatic hydroxyl groups excluding tert-OH is 1. The minimum Gasteiger partial charge on any atom is -0.390 e. The molecule has 1 aromatic rings. The van der Waals surface area contributed by atoms with Crippen LogP contribution in [0.1, 0.15) is 24.3 Å². The Kier molecular flexibility index (Phi) is 3.92. The Balaban J connectivity index is 1.75. The molecule has 5 heteroatoms. The second kappa shape index (κ2) is 5.28. The Morgan fingerprint density at radius 3 is 2.39 bits per heavy atom. The average Bonchev–Trinajstić information content (AvgIpc) is 2.29. The number of alkyl halides is 2. The van der Waals surface area contributed by atoms with Gasteiger partial charge in [-0.15, -0.1) is 0 Å². The van der Waals surface area contributed by atoms with E-state index in [2.05, 4.69) is 5.32 Å². The van der Waals surface area contributed by atoms with Gasteiger partial charge in [0.25, 0.3) is 5.92 Å². The summed E-state index contributed by atoms with van der Waals surface area (Å²) in [5.41, 5.74) is 1.04. The maximum atomic E-state index is 12.8. The van der Waals surface area contributed by atoms with Crippen molar-refractivity contribution in [1.82, 2.24) is 5.32 Å². The van der Waals surface area contributed by atoms with Gasteiger partial charge in [0, 0.05) is 6.04 Å². The normalized spacial score (nSPS) is 23.8. The lowest BCUT2D eigenvalue weighted by atomic mass is 9.76. The van der Waals surface area contributed by atoms with Crippen molar-refractivity contribution < 1.29 is 18.3 Å². The molecule has 0 aromatic heterocycles. The summed E-state index contributed by atoms with van der Waals surface area (Å²) in [4.78, 5) is 0. The quantitative estimate of drug-likeness (QED) is 0.850. The highest BCUT2D eigenvalue weighted by Gasteiger charge is 2.34. The summed E-state index contributed by atoms with van der Waals surface area (Å²) in [7, 11) is 0. The highest BCUT2D eigenvalue weighted by Crippen LogP contribution is 2.37. The van der Waals surface area contributed by atoms with E-state index in [9.17, 15) is 13.2 Å². The van der Waals surface area contributed by atoms with Crippen molar-refractivity contribution in [3.63, 3.8) is 0 Å². The van der Waals surface area contributed by atoms with Crippen molar-refractivity contribution in [2.75, 3.05) is 13.2 Å². The predicted molar refractivity (Wildman–Crippen MR) is 62.2 cm³/mol. The maximum Gasteiger partial charge on any atom is 0.282 e. The zero-order chi connectivity index (χ0) is 13.2. The van der Waals surface area contributed by atoms with Gasteiger partial charge in [-0.25, -0.2) is 13.2 Å². The predicted octanol–water partition coefficient (Wildman–Crippen LogP) is 2.29. The van der Waals surface area contributed by atoms with Gasteiger partial charge in [-0.1, -0.05) is 12.1 Å².